The van der Waals surface area contributed by atoms with Crippen molar-refractivity contribution in [3.8, 4) is 0 Å². The second-order valence-electron chi connectivity index (χ2n) is 4.09. The Hall–Kier alpha value is -0.850. The van der Waals surface area contributed by atoms with Gasteiger partial charge in [-0.2, -0.15) is 0 Å². The van der Waals surface area contributed by atoms with Crippen LogP contribution in [0.3, 0.4) is 0 Å². The van der Waals surface area contributed by atoms with Gasteiger partial charge in [-0.1, -0.05) is 11.6 Å². The van der Waals surface area contributed by atoms with Gasteiger partial charge in [-0.15, -0.1) is 0 Å². The van der Waals surface area contributed by atoms with E-state index in [-0.39, 0.29) is 6.54 Å². The number of carbonyl (C=O) groups is 1. The van der Waals surface area contributed by atoms with Crippen molar-refractivity contribution in [3.05, 3.63) is 21.8 Å². The Kier molecular flexibility index (Phi) is 3.29. The fourth-order valence-corrected chi connectivity index (χ4v) is 2.72. The Morgan fingerprint density at radius 1 is 1.71 bits per heavy atom. The van der Waals surface area contributed by atoms with Crippen molar-refractivity contribution in [1.82, 2.24) is 4.98 Å². The summed E-state index contributed by atoms with van der Waals surface area (Å²) in [5.74, 6) is -0.312. The molecule has 1 unspecified atom stereocenters. The number of anilines is 1. The first-order chi connectivity index (χ1) is 7.92. The summed E-state index contributed by atoms with van der Waals surface area (Å²) in [7, 11) is 0. The zero-order chi connectivity index (χ0) is 12.6. The maximum Gasteiger partial charge on any atom is 0.325 e. The Balaban J connectivity index is 2.24. The third-order valence-corrected chi connectivity index (χ3v) is 3.60. The van der Waals surface area contributed by atoms with Crippen LogP contribution in [0.2, 0.25) is 5.02 Å². The van der Waals surface area contributed by atoms with Crippen LogP contribution in [0.4, 0.5) is 5.82 Å². The summed E-state index contributed by atoms with van der Waals surface area (Å²) >= 11 is 9.16. The maximum absolute atomic E-state index is 11.0. The lowest BCUT2D eigenvalue weighted by Crippen LogP contribution is -2.50. The summed E-state index contributed by atoms with van der Waals surface area (Å²) in [6.45, 7) is 0.811. The number of nitrogens with zero attached hydrogens (tertiary/aromatic N) is 2. The molecule has 7 heteroatoms. The van der Waals surface area contributed by atoms with E-state index in [1.54, 1.807) is 6.07 Å². The molecule has 0 spiro atoms. The summed E-state index contributed by atoms with van der Waals surface area (Å²) in [5.41, 5.74) is 4.61. The normalized spacial score (nSPS) is 24.1. The predicted octanol–water partition coefficient (Wildman–Crippen LogP) is 1.49. The smallest absolute Gasteiger partial charge is 0.325 e. The van der Waals surface area contributed by atoms with E-state index in [0.717, 1.165) is 4.47 Å². The number of pyridine rings is 1. The average Bonchev–Trinajstić information content (AvgIpc) is 2.62. The first kappa shape index (κ1) is 12.6. The molecule has 2 rings (SSSR count). The van der Waals surface area contributed by atoms with Crippen molar-refractivity contribution >= 4 is 39.3 Å². The van der Waals surface area contributed by atoms with E-state index in [2.05, 4.69) is 20.9 Å². The quantitative estimate of drug-likeness (QED) is 0.863. The predicted molar refractivity (Wildman–Crippen MR) is 68.3 cm³/mol. The van der Waals surface area contributed by atoms with E-state index < -0.39 is 11.5 Å². The standard InChI is InChI=1S/C10H11BrClN3O2/c11-7-3-6(12)4-14-8(7)15-2-1-10(13,5-15)9(16)17/h3-4H,1-2,5,13H2,(H,16,17). The number of carboxylic acids is 1. The zero-order valence-electron chi connectivity index (χ0n) is 8.86. The topological polar surface area (TPSA) is 79.5 Å². The molecule has 92 valence electrons. The van der Waals surface area contributed by atoms with Gasteiger partial charge in [0.05, 0.1) is 9.50 Å². The van der Waals surface area contributed by atoms with E-state index in [0.29, 0.717) is 23.8 Å². The van der Waals surface area contributed by atoms with Crippen molar-refractivity contribution < 1.29 is 9.90 Å². The average molecular weight is 321 g/mol. The molecule has 1 aliphatic rings. The van der Waals surface area contributed by atoms with Crippen LogP contribution in [-0.2, 0) is 4.79 Å². The molecule has 17 heavy (non-hydrogen) atoms. The van der Waals surface area contributed by atoms with Crippen molar-refractivity contribution in [3.63, 3.8) is 0 Å². The third-order valence-electron chi connectivity index (χ3n) is 2.81. The van der Waals surface area contributed by atoms with Crippen LogP contribution in [0.1, 0.15) is 6.42 Å². The maximum atomic E-state index is 11.0. The van der Waals surface area contributed by atoms with Crippen molar-refractivity contribution in [2.45, 2.75) is 12.0 Å². The monoisotopic (exact) mass is 319 g/mol. The van der Waals surface area contributed by atoms with Gasteiger partial charge >= 0.3 is 5.97 Å². The van der Waals surface area contributed by atoms with Crippen LogP contribution in [0, 0.1) is 0 Å². The highest BCUT2D eigenvalue weighted by atomic mass is 79.9. The molecule has 0 amide bonds. The number of aromatic nitrogens is 1. The highest BCUT2D eigenvalue weighted by molar-refractivity contribution is 9.10. The first-order valence-electron chi connectivity index (χ1n) is 5.01. The molecule has 1 aliphatic heterocycles. The summed E-state index contributed by atoms with van der Waals surface area (Å²) in [4.78, 5) is 17.1. The van der Waals surface area contributed by atoms with Crippen LogP contribution in [0.25, 0.3) is 0 Å². The van der Waals surface area contributed by atoms with Crippen LogP contribution in [-0.4, -0.2) is 34.7 Å². The molecule has 0 aromatic carbocycles. The minimum Gasteiger partial charge on any atom is -0.480 e. The van der Waals surface area contributed by atoms with Gasteiger partial charge in [-0.3, -0.25) is 4.79 Å². The van der Waals surface area contributed by atoms with E-state index in [1.165, 1.54) is 6.20 Å². The lowest BCUT2D eigenvalue weighted by atomic mass is 10.0. The fourth-order valence-electron chi connectivity index (χ4n) is 1.83. The number of halogens is 2. The molecule has 1 atom stereocenters. The molecule has 1 fully saturated rings. The van der Waals surface area contributed by atoms with Gasteiger partial charge in [0.2, 0.25) is 0 Å². The lowest BCUT2D eigenvalue weighted by molar-refractivity contribution is -0.142. The number of hydrogen-bond acceptors (Lipinski definition) is 4. The summed E-state index contributed by atoms with van der Waals surface area (Å²) in [6, 6.07) is 1.72. The molecule has 0 radical (unpaired) electrons. The summed E-state index contributed by atoms with van der Waals surface area (Å²) in [6.07, 6.45) is 1.93. The molecule has 5 nitrogen and oxygen atoms in total. The Bertz CT molecular complexity index is 471. The van der Waals surface area contributed by atoms with Crippen molar-refractivity contribution in [2.75, 3.05) is 18.0 Å². The third kappa shape index (κ3) is 2.38. The van der Waals surface area contributed by atoms with Gasteiger partial charge in [0.1, 0.15) is 11.4 Å². The molecule has 1 saturated heterocycles. The molecule has 0 aliphatic carbocycles. The summed E-state index contributed by atoms with van der Waals surface area (Å²) in [5, 5.41) is 9.57. The minimum absolute atomic E-state index is 0.246. The largest absolute Gasteiger partial charge is 0.480 e. The molecule has 3 N–H and O–H groups in total. The van der Waals surface area contributed by atoms with Gasteiger partial charge < -0.3 is 15.7 Å². The van der Waals surface area contributed by atoms with E-state index in [4.69, 9.17) is 22.4 Å². The molecule has 1 aromatic heterocycles. The van der Waals surface area contributed by atoms with Crippen molar-refractivity contribution in [2.24, 2.45) is 5.73 Å². The van der Waals surface area contributed by atoms with Gasteiger partial charge in [0, 0.05) is 19.3 Å². The van der Waals surface area contributed by atoms with Gasteiger partial charge in [-0.05, 0) is 28.4 Å². The van der Waals surface area contributed by atoms with Crippen molar-refractivity contribution in [1.29, 1.82) is 0 Å². The van der Waals surface area contributed by atoms with Crippen LogP contribution in [0.15, 0.2) is 16.7 Å². The molecule has 0 bridgehead atoms. The van der Waals surface area contributed by atoms with Crippen LogP contribution < -0.4 is 10.6 Å². The van der Waals surface area contributed by atoms with Crippen LogP contribution in [0.5, 0.6) is 0 Å². The second kappa shape index (κ2) is 4.44. The highest BCUT2D eigenvalue weighted by Crippen LogP contribution is 2.31. The summed E-state index contributed by atoms with van der Waals surface area (Å²) < 4.78 is 0.736. The lowest BCUT2D eigenvalue weighted by Gasteiger charge is -2.21. The number of hydrogen-bond donors (Lipinski definition) is 2. The number of rotatable bonds is 2. The SMILES string of the molecule is NC1(C(=O)O)CCN(c2ncc(Cl)cc2Br)C1. The number of carboxylic acid groups (broad SMARTS) is 1. The molecule has 0 saturated carbocycles. The highest BCUT2D eigenvalue weighted by Gasteiger charge is 2.42. The Morgan fingerprint density at radius 2 is 2.41 bits per heavy atom. The van der Waals surface area contributed by atoms with Crippen LogP contribution >= 0.6 is 27.5 Å². The molecular formula is C10H11BrClN3O2. The van der Waals surface area contributed by atoms with Gasteiger partial charge in [-0.25, -0.2) is 4.98 Å². The van der Waals surface area contributed by atoms with E-state index in [9.17, 15) is 4.79 Å². The molecule has 2 heterocycles. The Labute approximate surface area is 112 Å². The van der Waals surface area contributed by atoms with E-state index in [1.807, 2.05) is 4.90 Å². The molecular weight excluding hydrogens is 309 g/mol. The zero-order valence-corrected chi connectivity index (χ0v) is 11.2. The first-order valence-corrected chi connectivity index (χ1v) is 6.18. The van der Waals surface area contributed by atoms with Gasteiger partial charge in [0.25, 0.3) is 0 Å². The van der Waals surface area contributed by atoms with E-state index >= 15 is 0 Å². The second-order valence-corrected chi connectivity index (χ2v) is 5.38. The number of aliphatic carboxylic acids is 1. The fraction of sp³-hybridized carbons (Fsp3) is 0.400. The van der Waals surface area contributed by atoms with Gasteiger partial charge in [0.15, 0.2) is 0 Å². The molecule has 1 aromatic rings. The Morgan fingerprint density at radius 3 is 2.94 bits per heavy atom. The number of nitrogens with two attached hydrogens (primary N) is 1. The minimum atomic E-state index is -1.19.